The zero-order valence-corrected chi connectivity index (χ0v) is 25.6. The molecule has 1 aliphatic rings. The van der Waals surface area contributed by atoms with Crippen molar-refractivity contribution in [3.8, 4) is 5.75 Å². The number of hydrogen-bond donors (Lipinski definition) is 1. The Morgan fingerprint density at radius 3 is 2.56 bits per heavy atom. The predicted octanol–water partition coefficient (Wildman–Crippen LogP) is 5.99. The molecule has 0 aliphatic carbocycles. The summed E-state index contributed by atoms with van der Waals surface area (Å²) in [6.45, 7) is 12.4. The van der Waals surface area contributed by atoms with Crippen molar-refractivity contribution < 1.29 is 9.66 Å². The predicted molar refractivity (Wildman–Crippen MR) is 171 cm³/mol. The number of aliphatic imine (C=N–C) groups is 2. The van der Waals surface area contributed by atoms with Crippen LogP contribution in [-0.2, 0) is 13.0 Å². The van der Waals surface area contributed by atoms with Gasteiger partial charge in [-0.2, -0.15) is 0 Å². The normalized spacial score (nSPS) is 13.1. The van der Waals surface area contributed by atoms with Crippen molar-refractivity contribution >= 4 is 39.6 Å². The molecule has 1 N–H and O–H groups in total. The highest BCUT2D eigenvalue weighted by Gasteiger charge is 2.23. The smallest absolute Gasteiger partial charge is 0.294 e. The van der Waals surface area contributed by atoms with Crippen LogP contribution in [0.15, 0.2) is 58.7 Å². The van der Waals surface area contributed by atoms with Crippen molar-refractivity contribution in [3.05, 3.63) is 69.9 Å². The first-order chi connectivity index (χ1) is 19.6. The average molecular weight is 562 g/mol. The fourth-order valence-electron chi connectivity index (χ4n) is 4.94. The van der Waals surface area contributed by atoms with Gasteiger partial charge in [0.15, 0.2) is 0 Å². The third-order valence-corrected chi connectivity index (χ3v) is 6.95. The molecule has 0 amide bonds. The van der Waals surface area contributed by atoms with Crippen molar-refractivity contribution in [2.24, 2.45) is 9.98 Å². The van der Waals surface area contributed by atoms with E-state index in [0.717, 1.165) is 42.5 Å². The summed E-state index contributed by atoms with van der Waals surface area (Å²) >= 11 is 0. The van der Waals surface area contributed by atoms with Gasteiger partial charge in [0.2, 0.25) is 5.96 Å². The molecular weight excluding hydrogens is 518 g/mol. The molecule has 4 rings (SSSR count). The van der Waals surface area contributed by atoms with Crippen LogP contribution in [-0.4, -0.2) is 74.5 Å². The number of nitro groups is 1. The molecule has 0 bridgehead atoms. The SMILES string of the molecule is C=C(C)/C(=N\C(=NC)Nc1cc([N+](=O)[O-])c(N(C)CCN(C)C)cc1OC)c1cn2c3c(cccc13)CCC2.CC. The lowest BCUT2D eigenvalue weighted by atomic mass is 10.00. The van der Waals surface area contributed by atoms with E-state index < -0.39 is 0 Å². The van der Waals surface area contributed by atoms with Gasteiger partial charge in [-0.1, -0.05) is 38.6 Å². The average Bonchev–Trinajstić information content (AvgIpc) is 3.34. The lowest BCUT2D eigenvalue weighted by Gasteiger charge is -2.23. The molecule has 0 radical (unpaired) electrons. The summed E-state index contributed by atoms with van der Waals surface area (Å²) in [5, 5.41) is 16.3. The Labute approximate surface area is 243 Å². The first kappa shape index (κ1) is 31.3. The molecule has 1 aliphatic heterocycles. The lowest BCUT2D eigenvalue weighted by molar-refractivity contribution is -0.384. The van der Waals surface area contributed by atoms with Crippen molar-refractivity contribution in [1.29, 1.82) is 0 Å². The van der Waals surface area contributed by atoms with Gasteiger partial charge in [-0.3, -0.25) is 15.1 Å². The number of para-hydroxylation sites is 1. The Bertz CT molecular complexity index is 1470. The molecule has 0 spiro atoms. The quantitative estimate of drug-likeness (QED) is 0.149. The monoisotopic (exact) mass is 561 g/mol. The summed E-state index contributed by atoms with van der Waals surface area (Å²) in [6, 6.07) is 9.53. The first-order valence-electron chi connectivity index (χ1n) is 14.0. The van der Waals surface area contributed by atoms with Gasteiger partial charge in [-0.25, -0.2) is 4.99 Å². The number of aryl methyl sites for hydroxylation is 2. The second-order valence-corrected chi connectivity index (χ2v) is 10.1. The molecule has 0 saturated heterocycles. The van der Waals surface area contributed by atoms with Gasteiger partial charge in [-0.05, 0) is 45.0 Å². The van der Waals surface area contributed by atoms with Crippen LogP contribution >= 0.6 is 0 Å². The number of nitro benzene ring substituents is 1. The maximum Gasteiger partial charge on any atom is 0.294 e. The maximum atomic E-state index is 12.0. The summed E-state index contributed by atoms with van der Waals surface area (Å²) in [4.78, 5) is 24.8. The highest BCUT2D eigenvalue weighted by Crippen LogP contribution is 2.38. The Kier molecular flexibility index (Phi) is 10.7. The molecule has 1 aromatic heterocycles. The second-order valence-electron chi connectivity index (χ2n) is 10.1. The van der Waals surface area contributed by atoms with Crippen molar-refractivity contribution in [1.82, 2.24) is 9.47 Å². The van der Waals surface area contributed by atoms with E-state index in [-0.39, 0.29) is 10.6 Å². The fourth-order valence-corrected chi connectivity index (χ4v) is 4.94. The molecule has 0 atom stereocenters. The Morgan fingerprint density at radius 2 is 1.95 bits per heavy atom. The number of rotatable bonds is 9. The number of guanidine groups is 1. The summed E-state index contributed by atoms with van der Waals surface area (Å²) in [5.41, 5.74) is 5.90. The van der Waals surface area contributed by atoms with Gasteiger partial charge in [0.25, 0.3) is 5.69 Å². The van der Waals surface area contributed by atoms with Crippen LogP contribution in [0.3, 0.4) is 0 Å². The number of methoxy groups -OCH3 is 1. The minimum atomic E-state index is -0.384. The topological polar surface area (TPSA) is 101 Å². The van der Waals surface area contributed by atoms with E-state index in [2.05, 4.69) is 45.9 Å². The van der Waals surface area contributed by atoms with Crippen molar-refractivity contribution in [2.45, 2.75) is 40.2 Å². The van der Waals surface area contributed by atoms with Gasteiger partial charge in [-0.15, -0.1) is 0 Å². The molecule has 41 heavy (non-hydrogen) atoms. The first-order valence-corrected chi connectivity index (χ1v) is 14.0. The molecule has 10 heteroatoms. The second kappa shape index (κ2) is 13.9. The largest absolute Gasteiger partial charge is 0.494 e. The number of anilines is 2. The van der Waals surface area contributed by atoms with Gasteiger partial charge in [0.05, 0.1) is 28.9 Å². The molecule has 0 fully saturated rings. The number of nitrogens with zero attached hydrogens (tertiary/aromatic N) is 6. The van der Waals surface area contributed by atoms with Gasteiger partial charge >= 0.3 is 0 Å². The van der Waals surface area contributed by atoms with E-state index in [1.165, 1.54) is 24.3 Å². The number of benzene rings is 2. The Hall–Kier alpha value is -4.18. The van der Waals surface area contributed by atoms with E-state index >= 15 is 0 Å². The van der Waals surface area contributed by atoms with Crippen LogP contribution in [0.4, 0.5) is 17.1 Å². The van der Waals surface area contributed by atoms with E-state index in [0.29, 0.717) is 35.3 Å². The molecule has 2 heterocycles. The Morgan fingerprint density at radius 1 is 1.22 bits per heavy atom. The van der Waals surface area contributed by atoms with E-state index in [1.54, 1.807) is 13.1 Å². The third-order valence-electron chi connectivity index (χ3n) is 6.95. The number of allylic oxidation sites excluding steroid dienone is 1. The third kappa shape index (κ3) is 6.94. The summed E-state index contributed by atoms with van der Waals surface area (Å²) in [6.07, 6.45) is 4.29. The molecule has 0 unspecified atom stereocenters. The van der Waals surface area contributed by atoms with Crippen LogP contribution in [0, 0.1) is 10.1 Å². The van der Waals surface area contributed by atoms with Crippen LogP contribution in [0.25, 0.3) is 10.9 Å². The van der Waals surface area contributed by atoms with E-state index in [4.69, 9.17) is 9.73 Å². The van der Waals surface area contributed by atoms with Gasteiger partial charge in [0, 0.05) is 63.0 Å². The molecule has 220 valence electrons. The molecule has 0 saturated carbocycles. The minimum absolute atomic E-state index is 0.0342. The van der Waals surface area contributed by atoms with Crippen molar-refractivity contribution in [2.75, 3.05) is 58.6 Å². The number of likely N-dealkylation sites (N-methyl/N-ethyl adjacent to an activating group) is 2. The number of ether oxygens (including phenoxy) is 1. The molecular formula is C31H43N7O3. The van der Waals surface area contributed by atoms with E-state index in [1.807, 2.05) is 51.7 Å². The number of nitrogens with one attached hydrogen (secondary N) is 1. The zero-order valence-electron chi connectivity index (χ0n) is 25.6. The minimum Gasteiger partial charge on any atom is -0.494 e. The summed E-state index contributed by atoms with van der Waals surface area (Å²) < 4.78 is 7.92. The molecule has 10 nitrogen and oxygen atoms in total. The lowest BCUT2D eigenvalue weighted by Crippen LogP contribution is -2.29. The fraction of sp³-hybridized carbons (Fsp3) is 0.419. The summed E-state index contributed by atoms with van der Waals surface area (Å²) in [5.74, 6) is 0.744. The zero-order chi connectivity index (χ0) is 30.3. The van der Waals surface area contributed by atoms with Crippen LogP contribution in [0.2, 0.25) is 0 Å². The highest BCUT2D eigenvalue weighted by atomic mass is 16.6. The van der Waals surface area contributed by atoms with Crippen LogP contribution in [0.1, 0.15) is 38.3 Å². The molecule has 2 aromatic carbocycles. The van der Waals surface area contributed by atoms with Crippen LogP contribution in [0.5, 0.6) is 5.75 Å². The highest BCUT2D eigenvalue weighted by molar-refractivity contribution is 6.23. The number of hydrogen-bond acceptors (Lipinski definition) is 6. The van der Waals surface area contributed by atoms with Crippen molar-refractivity contribution in [3.63, 3.8) is 0 Å². The van der Waals surface area contributed by atoms with E-state index in [9.17, 15) is 10.1 Å². The Balaban J connectivity index is 0.00000226. The van der Waals surface area contributed by atoms with Gasteiger partial charge < -0.3 is 24.4 Å². The maximum absolute atomic E-state index is 12.0. The van der Waals surface area contributed by atoms with Crippen LogP contribution < -0.4 is 15.0 Å². The standard InChI is InChI=1S/C29H37N7O3.C2H6/c1-19(2)27(22-18-35-13-9-11-20-10-8-12-21(22)28(20)35)32-29(30-3)31-23-16-25(36(37)38)24(17-26(23)39-7)34(6)15-14-33(4)5;1-2/h8,10,12,16-18H,1,9,11,13-15H2,2-7H3,(H,30,31);1-2H3/b32-27+;. The molecule has 3 aromatic rings. The summed E-state index contributed by atoms with van der Waals surface area (Å²) in [7, 11) is 8.92. The number of aromatic nitrogens is 1. The van der Waals surface area contributed by atoms with Gasteiger partial charge in [0.1, 0.15) is 11.4 Å².